The van der Waals surface area contributed by atoms with Crippen molar-refractivity contribution in [1.82, 2.24) is 19.8 Å². The summed E-state index contributed by atoms with van der Waals surface area (Å²) in [5, 5.41) is 2.94. The van der Waals surface area contributed by atoms with E-state index < -0.39 is 17.2 Å². The van der Waals surface area contributed by atoms with Crippen molar-refractivity contribution in [1.29, 1.82) is 0 Å². The third-order valence-corrected chi connectivity index (χ3v) is 6.20. The lowest BCUT2D eigenvalue weighted by molar-refractivity contribution is 0.0940. The van der Waals surface area contributed by atoms with Gasteiger partial charge >= 0.3 is 11.1 Å². The molecule has 174 valence electrons. The Morgan fingerprint density at radius 1 is 1.12 bits per heavy atom. The maximum absolute atomic E-state index is 14.1. The summed E-state index contributed by atoms with van der Waals surface area (Å²) in [5.41, 5.74) is 1.56. The number of piperazine rings is 1. The minimum atomic E-state index is -0.730. The zero-order valence-corrected chi connectivity index (χ0v) is 19.0. The van der Waals surface area contributed by atoms with E-state index in [9.17, 15) is 18.8 Å². The highest BCUT2D eigenvalue weighted by Crippen LogP contribution is 2.28. The van der Waals surface area contributed by atoms with Crippen LogP contribution in [0.15, 0.2) is 46.0 Å². The highest BCUT2D eigenvalue weighted by atomic mass is 19.1. The number of nitrogens with zero attached hydrogens (tertiary/aromatic N) is 3. The number of anilines is 1. The fraction of sp³-hybridized carbons (Fsp3) is 0.375. The van der Waals surface area contributed by atoms with Gasteiger partial charge in [0.15, 0.2) is 0 Å². The highest BCUT2D eigenvalue weighted by Gasteiger charge is 2.22. The lowest BCUT2D eigenvalue weighted by Crippen LogP contribution is -2.45. The lowest BCUT2D eigenvalue weighted by Gasteiger charge is -2.36. The molecule has 0 spiro atoms. The molecular formula is C24H28FN5O3. The van der Waals surface area contributed by atoms with E-state index >= 15 is 0 Å². The van der Waals surface area contributed by atoms with Crippen LogP contribution in [-0.4, -0.2) is 53.6 Å². The van der Waals surface area contributed by atoms with Crippen molar-refractivity contribution in [2.45, 2.75) is 26.4 Å². The first-order chi connectivity index (χ1) is 15.8. The number of likely N-dealkylation sites (N-methyl/N-ethyl adjacent to an activating group) is 1. The molecule has 1 amide bonds. The topological polar surface area (TPSA) is 90.4 Å². The lowest BCUT2D eigenvalue weighted by atomic mass is 10.0. The first-order valence-electron chi connectivity index (χ1n) is 11.1. The third kappa shape index (κ3) is 4.54. The number of nitrogens with one attached hydrogen (secondary N) is 2. The van der Waals surface area contributed by atoms with Crippen LogP contribution < -0.4 is 21.3 Å². The van der Waals surface area contributed by atoms with Gasteiger partial charge in [-0.1, -0.05) is 0 Å². The maximum atomic E-state index is 14.1. The van der Waals surface area contributed by atoms with Crippen molar-refractivity contribution in [3.05, 3.63) is 74.0 Å². The molecule has 1 saturated heterocycles. The molecule has 4 rings (SSSR count). The van der Waals surface area contributed by atoms with Crippen LogP contribution in [0.1, 0.15) is 35.8 Å². The van der Waals surface area contributed by atoms with Gasteiger partial charge in [-0.05, 0) is 57.3 Å². The molecule has 1 aliphatic heterocycles. The zero-order valence-electron chi connectivity index (χ0n) is 19.0. The van der Waals surface area contributed by atoms with Crippen molar-refractivity contribution < 1.29 is 9.18 Å². The van der Waals surface area contributed by atoms with Crippen LogP contribution in [0, 0.1) is 5.82 Å². The van der Waals surface area contributed by atoms with Gasteiger partial charge in [-0.3, -0.25) is 14.4 Å². The van der Waals surface area contributed by atoms with Crippen molar-refractivity contribution >= 4 is 22.6 Å². The minimum Gasteiger partial charge on any atom is -0.369 e. The molecule has 33 heavy (non-hydrogen) atoms. The molecule has 1 unspecified atom stereocenters. The van der Waals surface area contributed by atoms with E-state index in [-0.39, 0.29) is 11.7 Å². The van der Waals surface area contributed by atoms with Crippen LogP contribution in [0.4, 0.5) is 10.1 Å². The number of rotatable bonds is 5. The van der Waals surface area contributed by atoms with E-state index in [2.05, 4.69) is 27.1 Å². The molecule has 1 aliphatic rings. The molecule has 0 saturated carbocycles. The highest BCUT2D eigenvalue weighted by molar-refractivity contribution is 5.97. The summed E-state index contributed by atoms with van der Waals surface area (Å²) in [6, 6.07) is 9.05. The smallest absolute Gasteiger partial charge is 0.316 e. The standard InChI is InChI=1S/C24H28FN5O3/c1-4-30-21-7-5-16(13-19(21)27-23(32)24(30)33)22(31)26-15(2)18-14-17(25)6-8-20(18)29-11-9-28(3)10-12-29/h5-8,13-15H,4,9-12H2,1-3H3,(H,26,31)(H,27,32). The summed E-state index contributed by atoms with van der Waals surface area (Å²) in [6.07, 6.45) is 0. The van der Waals surface area contributed by atoms with Gasteiger partial charge in [0.05, 0.1) is 17.1 Å². The predicted octanol–water partition coefficient (Wildman–Crippen LogP) is 2.09. The van der Waals surface area contributed by atoms with Crippen molar-refractivity contribution in [3.63, 3.8) is 0 Å². The number of halogens is 1. The molecule has 2 aromatic carbocycles. The summed E-state index contributed by atoms with van der Waals surface area (Å²) in [4.78, 5) is 44.0. The SMILES string of the molecule is CCn1c(=O)c(=O)[nH]c2cc(C(=O)NC(C)c3cc(F)ccc3N3CCN(C)CC3)ccc21. The number of aromatic nitrogens is 2. The molecule has 2 N–H and O–H groups in total. The number of amides is 1. The van der Waals surface area contributed by atoms with Crippen molar-refractivity contribution in [2.75, 3.05) is 38.1 Å². The molecule has 1 fully saturated rings. The van der Waals surface area contributed by atoms with Crippen LogP contribution in [0.2, 0.25) is 0 Å². The molecule has 8 nitrogen and oxygen atoms in total. The van der Waals surface area contributed by atoms with E-state index in [0.29, 0.717) is 28.7 Å². The van der Waals surface area contributed by atoms with E-state index in [4.69, 9.17) is 0 Å². The molecule has 2 heterocycles. The van der Waals surface area contributed by atoms with Crippen LogP contribution >= 0.6 is 0 Å². The Morgan fingerprint density at radius 2 is 1.85 bits per heavy atom. The Kier molecular flexibility index (Phi) is 6.33. The Hall–Kier alpha value is -3.46. The minimum absolute atomic E-state index is 0.337. The molecule has 0 bridgehead atoms. The van der Waals surface area contributed by atoms with Crippen molar-refractivity contribution in [2.24, 2.45) is 0 Å². The summed E-state index contributed by atoms with van der Waals surface area (Å²) in [7, 11) is 2.07. The number of carbonyl (C=O) groups is 1. The van der Waals surface area contributed by atoms with Crippen LogP contribution in [0.5, 0.6) is 0 Å². The summed E-state index contributed by atoms with van der Waals surface area (Å²) in [5.74, 6) is -0.710. The van der Waals surface area contributed by atoms with Gasteiger partial charge < -0.3 is 24.7 Å². The molecule has 0 radical (unpaired) electrons. The largest absolute Gasteiger partial charge is 0.369 e. The second-order valence-electron chi connectivity index (χ2n) is 8.42. The number of benzene rings is 2. The number of aryl methyl sites for hydroxylation is 1. The molecular weight excluding hydrogens is 425 g/mol. The fourth-order valence-electron chi connectivity index (χ4n) is 4.30. The third-order valence-electron chi connectivity index (χ3n) is 6.20. The van der Waals surface area contributed by atoms with Gasteiger partial charge in [-0.2, -0.15) is 0 Å². The monoisotopic (exact) mass is 453 g/mol. The van der Waals surface area contributed by atoms with Gasteiger partial charge in [0.2, 0.25) is 0 Å². The molecule has 1 aromatic heterocycles. The second kappa shape index (κ2) is 9.19. The maximum Gasteiger partial charge on any atom is 0.316 e. The first-order valence-corrected chi connectivity index (χ1v) is 11.1. The first kappa shape index (κ1) is 22.7. The number of hydrogen-bond donors (Lipinski definition) is 2. The fourth-order valence-corrected chi connectivity index (χ4v) is 4.30. The van der Waals surface area contributed by atoms with E-state index in [1.807, 2.05) is 6.92 Å². The van der Waals surface area contributed by atoms with E-state index in [1.54, 1.807) is 31.2 Å². The molecule has 9 heteroatoms. The zero-order chi connectivity index (χ0) is 23.7. The van der Waals surface area contributed by atoms with Crippen molar-refractivity contribution in [3.8, 4) is 0 Å². The van der Waals surface area contributed by atoms with Gasteiger partial charge in [0.25, 0.3) is 5.91 Å². The van der Waals surface area contributed by atoms with E-state index in [0.717, 1.165) is 31.9 Å². The molecule has 0 aliphatic carbocycles. The average Bonchev–Trinajstić information content (AvgIpc) is 2.80. The van der Waals surface area contributed by atoms with Crippen LogP contribution in [0.25, 0.3) is 11.0 Å². The number of fused-ring (bicyclic) bond motifs is 1. The normalized spacial score (nSPS) is 15.6. The molecule has 1 atom stereocenters. The van der Waals surface area contributed by atoms with Gasteiger partial charge in [-0.25, -0.2) is 4.39 Å². The average molecular weight is 454 g/mol. The number of H-pyrrole nitrogens is 1. The van der Waals surface area contributed by atoms with E-state index in [1.165, 1.54) is 16.7 Å². The number of hydrogen-bond acceptors (Lipinski definition) is 5. The van der Waals surface area contributed by atoms with Gasteiger partial charge in [0.1, 0.15) is 5.82 Å². The predicted molar refractivity (Wildman–Crippen MR) is 126 cm³/mol. The van der Waals surface area contributed by atoms with Gasteiger partial charge in [0, 0.05) is 49.5 Å². The number of carbonyl (C=O) groups excluding carboxylic acids is 1. The number of aromatic amines is 1. The Balaban J connectivity index is 1.61. The summed E-state index contributed by atoms with van der Waals surface area (Å²) in [6.45, 7) is 7.42. The van der Waals surface area contributed by atoms with Gasteiger partial charge in [-0.15, -0.1) is 0 Å². The quantitative estimate of drug-likeness (QED) is 0.578. The Morgan fingerprint density at radius 3 is 2.55 bits per heavy atom. The molecule has 3 aromatic rings. The second-order valence-corrected chi connectivity index (χ2v) is 8.42. The summed E-state index contributed by atoms with van der Waals surface area (Å²) < 4.78 is 15.5. The Labute approximate surface area is 190 Å². The Bertz CT molecular complexity index is 1310. The summed E-state index contributed by atoms with van der Waals surface area (Å²) >= 11 is 0. The van der Waals surface area contributed by atoms with Crippen LogP contribution in [-0.2, 0) is 6.54 Å². The van der Waals surface area contributed by atoms with Crippen LogP contribution in [0.3, 0.4) is 0 Å².